The summed E-state index contributed by atoms with van der Waals surface area (Å²) in [6.45, 7) is 3.58. The Bertz CT molecular complexity index is 1010. The fraction of sp³-hybridized carbons (Fsp3) is 0.222. The molecule has 3 rings (SSSR count). The largest absolute Gasteiger partial charge is 0.497 e. The van der Waals surface area contributed by atoms with Gasteiger partial charge in [-0.3, -0.25) is 4.79 Å². The molecule has 2 heterocycles. The maximum absolute atomic E-state index is 12.3. The van der Waals surface area contributed by atoms with Crippen LogP contribution in [0.3, 0.4) is 0 Å². The smallest absolute Gasteiger partial charge is 0.285 e. The lowest BCUT2D eigenvalue weighted by atomic mass is 10.1. The first-order chi connectivity index (χ1) is 12.0. The summed E-state index contributed by atoms with van der Waals surface area (Å²) < 4.78 is 11.7. The van der Waals surface area contributed by atoms with Crippen LogP contribution in [0.25, 0.3) is 11.3 Å². The van der Waals surface area contributed by atoms with Crippen molar-refractivity contribution in [2.24, 2.45) is 0 Å². The summed E-state index contributed by atoms with van der Waals surface area (Å²) in [6, 6.07) is 11.1. The number of methoxy groups -OCH3 is 1. The Hall–Kier alpha value is -3.40. The van der Waals surface area contributed by atoms with Crippen LogP contribution in [-0.2, 0) is 6.54 Å². The molecule has 0 amide bonds. The molecule has 0 radical (unpaired) electrons. The molecule has 3 aromatic rings. The summed E-state index contributed by atoms with van der Waals surface area (Å²) in [6.07, 6.45) is 0. The van der Waals surface area contributed by atoms with Crippen LogP contribution in [0, 0.1) is 25.2 Å². The Labute approximate surface area is 144 Å². The molecular weight excluding hydrogens is 320 g/mol. The van der Waals surface area contributed by atoms with Gasteiger partial charge in [0.15, 0.2) is 5.76 Å². The molecule has 7 nitrogen and oxygen atoms in total. The molecule has 7 heteroatoms. The van der Waals surface area contributed by atoms with E-state index in [1.165, 1.54) is 4.68 Å². The van der Waals surface area contributed by atoms with Gasteiger partial charge in [-0.2, -0.15) is 10.4 Å². The topological polar surface area (TPSA) is 93.9 Å². The SMILES string of the molecule is COc1ccc(-c2cc(Cn3nc(C)c(C)c(C#N)c3=O)on2)cc1. The average Bonchev–Trinajstić information content (AvgIpc) is 3.09. The molecule has 0 aliphatic heterocycles. The number of hydrogen-bond acceptors (Lipinski definition) is 6. The van der Waals surface area contributed by atoms with Crippen molar-refractivity contribution in [2.45, 2.75) is 20.4 Å². The molecule has 0 unspecified atom stereocenters. The van der Waals surface area contributed by atoms with Crippen LogP contribution in [-0.4, -0.2) is 22.0 Å². The van der Waals surface area contributed by atoms with Crippen LogP contribution >= 0.6 is 0 Å². The molecule has 0 aliphatic rings. The van der Waals surface area contributed by atoms with E-state index in [1.807, 2.05) is 30.3 Å². The number of hydrogen-bond donors (Lipinski definition) is 0. The minimum Gasteiger partial charge on any atom is -0.497 e. The molecule has 126 valence electrons. The van der Waals surface area contributed by atoms with Gasteiger partial charge >= 0.3 is 0 Å². The lowest BCUT2D eigenvalue weighted by molar-refractivity contribution is 0.369. The first kappa shape index (κ1) is 16.5. The highest BCUT2D eigenvalue weighted by Gasteiger charge is 2.14. The van der Waals surface area contributed by atoms with Gasteiger partial charge in [0.1, 0.15) is 29.6 Å². The van der Waals surface area contributed by atoms with Crippen LogP contribution in [0.1, 0.15) is 22.6 Å². The number of rotatable bonds is 4. The Kier molecular flexibility index (Phi) is 4.35. The predicted molar refractivity (Wildman–Crippen MR) is 90.3 cm³/mol. The van der Waals surface area contributed by atoms with Gasteiger partial charge in [0.25, 0.3) is 5.56 Å². The van der Waals surface area contributed by atoms with Gasteiger partial charge in [-0.25, -0.2) is 4.68 Å². The van der Waals surface area contributed by atoms with Gasteiger partial charge < -0.3 is 9.26 Å². The zero-order chi connectivity index (χ0) is 18.0. The molecule has 0 bridgehead atoms. The number of benzene rings is 1. The minimum atomic E-state index is -0.437. The molecule has 0 atom stereocenters. The lowest BCUT2D eigenvalue weighted by Crippen LogP contribution is -2.27. The molecule has 0 aliphatic carbocycles. The molecule has 0 saturated carbocycles. The highest BCUT2D eigenvalue weighted by Crippen LogP contribution is 2.22. The first-order valence-corrected chi connectivity index (χ1v) is 7.62. The standard InChI is InChI=1S/C18H16N4O3/c1-11-12(2)20-22(18(23)16(11)9-19)10-15-8-17(21-25-15)13-4-6-14(24-3)7-5-13/h4-8H,10H2,1-3H3. The molecule has 0 saturated heterocycles. The maximum Gasteiger partial charge on any atom is 0.285 e. The normalized spacial score (nSPS) is 10.5. The van der Waals surface area contributed by atoms with E-state index in [2.05, 4.69) is 10.3 Å². The summed E-state index contributed by atoms with van der Waals surface area (Å²) >= 11 is 0. The number of aromatic nitrogens is 3. The Morgan fingerprint density at radius 2 is 2.00 bits per heavy atom. The molecule has 1 aromatic carbocycles. The van der Waals surface area contributed by atoms with Gasteiger partial charge in [0.05, 0.1) is 12.8 Å². The Balaban J connectivity index is 1.90. The third-order valence-corrected chi connectivity index (χ3v) is 4.00. The van der Waals surface area contributed by atoms with E-state index >= 15 is 0 Å². The van der Waals surface area contributed by atoms with Gasteiger partial charge in [0.2, 0.25) is 0 Å². The number of ether oxygens (including phenoxy) is 1. The third kappa shape index (κ3) is 3.15. The molecular formula is C18H16N4O3. The van der Waals surface area contributed by atoms with E-state index in [4.69, 9.17) is 9.26 Å². The Morgan fingerprint density at radius 1 is 1.28 bits per heavy atom. The van der Waals surface area contributed by atoms with Crippen LogP contribution < -0.4 is 10.3 Å². The molecule has 0 N–H and O–H groups in total. The van der Waals surface area contributed by atoms with Crippen molar-refractivity contribution in [1.82, 2.24) is 14.9 Å². The molecule has 2 aromatic heterocycles. The number of nitriles is 1. The fourth-order valence-corrected chi connectivity index (χ4v) is 2.44. The van der Waals surface area contributed by atoms with Crippen molar-refractivity contribution in [3.63, 3.8) is 0 Å². The zero-order valence-electron chi connectivity index (χ0n) is 14.1. The quantitative estimate of drug-likeness (QED) is 0.726. The molecule has 0 fully saturated rings. The van der Waals surface area contributed by atoms with Crippen LogP contribution in [0.4, 0.5) is 0 Å². The summed E-state index contributed by atoms with van der Waals surface area (Å²) in [4.78, 5) is 12.3. The van der Waals surface area contributed by atoms with Gasteiger partial charge in [0, 0.05) is 11.6 Å². The summed E-state index contributed by atoms with van der Waals surface area (Å²) in [7, 11) is 1.60. The van der Waals surface area contributed by atoms with Crippen molar-refractivity contribution >= 4 is 0 Å². The predicted octanol–water partition coefficient (Wildman–Crippen LogP) is 2.44. The molecule has 0 spiro atoms. The van der Waals surface area contributed by atoms with E-state index < -0.39 is 5.56 Å². The third-order valence-electron chi connectivity index (χ3n) is 4.00. The van der Waals surface area contributed by atoms with Crippen molar-refractivity contribution in [3.05, 3.63) is 63.3 Å². The highest BCUT2D eigenvalue weighted by atomic mass is 16.5. The maximum atomic E-state index is 12.3. The highest BCUT2D eigenvalue weighted by molar-refractivity contribution is 5.59. The van der Waals surface area contributed by atoms with Gasteiger partial charge in [-0.1, -0.05) is 5.16 Å². The van der Waals surface area contributed by atoms with E-state index in [-0.39, 0.29) is 12.1 Å². The van der Waals surface area contributed by atoms with Crippen molar-refractivity contribution < 1.29 is 9.26 Å². The monoisotopic (exact) mass is 336 g/mol. The second kappa shape index (κ2) is 6.61. The number of nitrogens with zero attached hydrogens (tertiary/aromatic N) is 4. The van der Waals surface area contributed by atoms with E-state index in [1.54, 1.807) is 27.0 Å². The van der Waals surface area contributed by atoms with Crippen molar-refractivity contribution in [1.29, 1.82) is 5.26 Å². The Morgan fingerprint density at radius 3 is 2.64 bits per heavy atom. The summed E-state index contributed by atoms with van der Waals surface area (Å²) in [5, 5.41) is 17.4. The number of aryl methyl sites for hydroxylation is 1. The van der Waals surface area contributed by atoms with Crippen LogP contribution in [0.15, 0.2) is 39.6 Å². The molecule has 25 heavy (non-hydrogen) atoms. The minimum absolute atomic E-state index is 0.0994. The van der Waals surface area contributed by atoms with Crippen molar-refractivity contribution in [3.8, 4) is 23.1 Å². The fourth-order valence-electron chi connectivity index (χ4n) is 2.44. The van der Waals surface area contributed by atoms with Gasteiger partial charge in [-0.15, -0.1) is 0 Å². The zero-order valence-corrected chi connectivity index (χ0v) is 14.1. The second-order valence-corrected chi connectivity index (χ2v) is 5.57. The average molecular weight is 336 g/mol. The first-order valence-electron chi connectivity index (χ1n) is 7.62. The van der Waals surface area contributed by atoms with Crippen molar-refractivity contribution in [2.75, 3.05) is 7.11 Å². The van der Waals surface area contributed by atoms with Crippen LogP contribution in [0.5, 0.6) is 5.75 Å². The summed E-state index contributed by atoms with van der Waals surface area (Å²) in [5.41, 5.74) is 2.41. The second-order valence-electron chi connectivity index (χ2n) is 5.57. The summed E-state index contributed by atoms with van der Waals surface area (Å²) in [5.74, 6) is 1.23. The van der Waals surface area contributed by atoms with Crippen LogP contribution in [0.2, 0.25) is 0 Å². The lowest BCUT2D eigenvalue weighted by Gasteiger charge is -2.06. The van der Waals surface area contributed by atoms with E-state index in [0.29, 0.717) is 22.7 Å². The van der Waals surface area contributed by atoms with E-state index in [0.717, 1.165) is 11.3 Å². The van der Waals surface area contributed by atoms with Gasteiger partial charge in [-0.05, 0) is 43.7 Å². The van der Waals surface area contributed by atoms with E-state index in [9.17, 15) is 10.1 Å².